The molecular formula is C12H16N2O2. The van der Waals surface area contributed by atoms with Crippen LogP contribution in [0.15, 0.2) is 12.3 Å². The fraction of sp³-hybridized carbons (Fsp3) is 0.500. The molecule has 86 valence electrons. The minimum Gasteiger partial charge on any atom is -0.478 e. The molecule has 0 radical (unpaired) electrons. The number of carboxylic acids is 1. The molecule has 0 unspecified atom stereocenters. The van der Waals surface area contributed by atoms with Crippen LogP contribution < -0.4 is 5.32 Å². The van der Waals surface area contributed by atoms with Gasteiger partial charge in [0.1, 0.15) is 5.56 Å². The van der Waals surface area contributed by atoms with Crippen LogP contribution in [0.2, 0.25) is 0 Å². The van der Waals surface area contributed by atoms with Crippen molar-refractivity contribution in [3.8, 4) is 0 Å². The standard InChI is InChI=1S/C12H16N2O2/c1-8-6-10(9(7-13-8)11(15)16)14-12(2)4-3-5-12/h6-7H,3-5H2,1-2H3,(H,13,14)(H,15,16). The Kier molecular flexibility index (Phi) is 2.58. The van der Waals surface area contributed by atoms with Gasteiger partial charge in [0.25, 0.3) is 0 Å². The van der Waals surface area contributed by atoms with Crippen LogP contribution in [0.4, 0.5) is 5.69 Å². The summed E-state index contributed by atoms with van der Waals surface area (Å²) in [6, 6.07) is 1.80. The number of pyridine rings is 1. The SMILES string of the molecule is Cc1cc(NC2(C)CCC2)c(C(=O)O)cn1. The summed E-state index contributed by atoms with van der Waals surface area (Å²) in [5.74, 6) is -0.932. The van der Waals surface area contributed by atoms with Crippen molar-refractivity contribution in [3.63, 3.8) is 0 Å². The second kappa shape index (κ2) is 3.77. The number of anilines is 1. The Hall–Kier alpha value is -1.58. The van der Waals surface area contributed by atoms with Crippen molar-refractivity contribution in [1.82, 2.24) is 4.98 Å². The lowest BCUT2D eigenvalue weighted by atomic mass is 9.78. The van der Waals surface area contributed by atoms with E-state index in [0.717, 1.165) is 18.5 Å². The molecule has 2 N–H and O–H groups in total. The van der Waals surface area contributed by atoms with Crippen molar-refractivity contribution in [3.05, 3.63) is 23.5 Å². The second-order valence-electron chi connectivity index (χ2n) is 4.72. The van der Waals surface area contributed by atoms with Gasteiger partial charge in [-0.3, -0.25) is 4.98 Å². The minimum atomic E-state index is -0.932. The minimum absolute atomic E-state index is 0.0536. The molecule has 1 aromatic rings. The van der Waals surface area contributed by atoms with Gasteiger partial charge in [0.05, 0.1) is 5.69 Å². The van der Waals surface area contributed by atoms with Crippen LogP contribution in [-0.4, -0.2) is 21.6 Å². The summed E-state index contributed by atoms with van der Waals surface area (Å²) in [6.45, 7) is 3.98. The first-order chi connectivity index (χ1) is 7.50. The molecular weight excluding hydrogens is 204 g/mol. The summed E-state index contributed by atoms with van der Waals surface area (Å²) in [5.41, 5.74) is 1.81. The van der Waals surface area contributed by atoms with E-state index < -0.39 is 5.97 Å². The van der Waals surface area contributed by atoms with Gasteiger partial charge in [-0.1, -0.05) is 0 Å². The molecule has 4 nitrogen and oxygen atoms in total. The van der Waals surface area contributed by atoms with Crippen molar-refractivity contribution in [2.45, 2.75) is 38.6 Å². The molecule has 4 heteroatoms. The fourth-order valence-corrected chi connectivity index (χ4v) is 1.99. The normalized spacial score (nSPS) is 17.6. The van der Waals surface area contributed by atoms with Crippen LogP contribution in [0.5, 0.6) is 0 Å². The highest BCUT2D eigenvalue weighted by Crippen LogP contribution is 2.35. The first-order valence-electron chi connectivity index (χ1n) is 5.48. The quantitative estimate of drug-likeness (QED) is 0.821. The van der Waals surface area contributed by atoms with Crippen molar-refractivity contribution in [2.75, 3.05) is 5.32 Å². The number of aromatic nitrogens is 1. The molecule has 1 aliphatic rings. The summed E-state index contributed by atoms with van der Waals surface area (Å²) in [7, 11) is 0. The summed E-state index contributed by atoms with van der Waals surface area (Å²) >= 11 is 0. The third-order valence-corrected chi connectivity index (χ3v) is 3.16. The lowest BCUT2D eigenvalue weighted by molar-refractivity contribution is 0.0697. The van der Waals surface area contributed by atoms with E-state index in [9.17, 15) is 4.79 Å². The predicted octanol–water partition coefficient (Wildman–Crippen LogP) is 2.44. The first-order valence-corrected chi connectivity index (χ1v) is 5.48. The Morgan fingerprint density at radius 3 is 2.75 bits per heavy atom. The highest BCUT2D eigenvalue weighted by molar-refractivity contribution is 5.94. The molecule has 2 rings (SSSR count). The number of carboxylic acid groups (broad SMARTS) is 1. The van der Waals surface area contributed by atoms with Gasteiger partial charge in [-0.25, -0.2) is 4.79 Å². The van der Waals surface area contributed by atoms with Crippen LogP contribution in [0.25, 0.3) is 0 Å². The van der Waals surface area contributed by atoms with Crippen molar-refractivity contribution >= 4 is 11.7 Å². The molecule has 0 aromatic carbocycles. The smallest absolute Gasteiger partial charge is 0.339 e. The van der Waals surface area contributed by atoms with E-state index in [1.54, 1.807) is 6.07 Å². The van der Waals surface area contributed by atoms with E-state index in [4.69, 9.17) is 5.11 Å². The lowest BCUT2D eigenvalue weighted by Crippen LogP contribution is -2.42. The zero-order valence-corrected chi connectivity index (χ0v) is 9.58. The summed E-state index contributed by atoms with van der Waals surface area (Å²) < 4.78 is 0. The molecule has 0 amide bonds. The van der Waals surface area contributed by atoms with E-state index in [2.05, 4.69) is 17.2 Å². The topological polar surface area (TPSA) is 62.2 Å². The van der Waals surface area contributed by atoms with Gasteiger partial charge in [-0.15, -0.1) is 0 Å². The summed E-state index contributed by atoms with van der Waals surface area (Å²) in [6.07, 6.45) is 4.80. The maximum Gasteiger partial charge on any atom is 0.339 e. The summed E-state index contributed by atoms with van der Waals surface area (Å²) in [5, 5.41) is 12.4. The fourth-order valence-electron chi connectivity index (χ4n) is 1.99. The Morgan fingerprint density at radius 1 is 1.56 bits per heavy atom. The zero-order chi connectivity index (χ0) is 11.8. The molecule has 0 atom stereocenters. The van der Waals surface area contributed by atoms with Gasteiger partial charge in [-0.05, 0) is 39.2 Å². The second-order valence-corrected chi connectivity index (χ2v) is 4.72. The number of nitrogens with zero attached hydrogens (tertiary/aromatic N) is 1. The van der Waals surface area contributed by atoms with Gasteiger partial charge in [-0.2, -0.15) is 0 Å². The maximum atomic E-state index is 11.0. The van der Waals surface area contributed by atoms with Crippen LogP contribution in [0, 0.1) is 6.92 Å². The first kappa shape index (κ1) is 10.9. The Balaban J connectivity index is 2.30. The number of hydrogen-bond acceptors (Lipinski definition) is 3. The van der Waals surface area contributed by atoms with Gasteiger partial charge in [0.2, 0.25) is 0 Å². The maximum absolute atomic E-state index is 11.0. The third kappa shape index (κ3) is 2.01. The van der Waals surface area contributed by atoms with Gasteiger partial charge >= 0.3 is 5.97 Å². The predicted molar refractivity (Wildman–Crippen MR) is 61.8 cm³/mol. The molecule has 1 fully saturated rings. The number of nitrogens with one attached hydrogen (secondary N) is 1. The Labute approximate surface area is 94.7 Å². The van der Waals surface area contributed by atoms with Crippen LogP contribution >= 0.6 is 0 Å². The highest BCUT2D eigenvalue weighted by Gasteiger charge is 2.32. The number of aryl methyl sites for hydroxylation is 1. The highest BCUT2D eigenvalue weighted by atomic mass is 16.4. The van der Waals surface area contributed by atoms with E-state index in [0.29, 0.717) is 5.69 Å². The lowest BCUT2D eigenvalue weighted by Gasteiger charge is -2.40. The van der Waals surface area contributed by atoms with Crippen molar-refractivity contribution in [1.29, 1.82) is 0 Å². The van der Waals surface area contributed by atoms with E-state index in [1.165, 1.54) is 12.6 Å². The van der Waals surface area contributed by atoms with Crippen molar-refractivity contribution in [2.24, 2.45) is 0 Å². The number of rotatable bonds is 3. The van der Waals surface area contributed by atoms with Crippen LogP contribution in [0.3, 0.4) is 0 Å². The number of aromatic carboxylic acids is 1. The van der Waals surface area contributed by atoms with Gasteiger partial charge < -0.3 is 10.4 Å². The molecule has 1 aromatic heterocycles. The molecule has 0 saturated heterocycles. The monoisotopic (exact) mass is 220 g/mol. The third-order valence-electron chi connectivity index (χ3n) is 3.16. The van der Waals surface area contributed by atoms with Gasteiger partial charge in [0.15, 0.2) is 0 Å². The average Bonchev–Trinajstić information content (AvgIpc) is 2.15. The van der Waals surface area contributed by atoms with Crippen molar-refractivity contribution < 1.29 is 9.90 Å². The van der Waals surface area contributed by atoms with Gasteiger partial charge in [0, 0.05) is 17.4 Å². The Bertz CT molecular complexity index is 425. The summed E-state index contributed by atoms with van der Waals surface area (Å²) in [4.78, 5) is 15.1. The molecule has 0 aliphatic heterocycles. The molecule has 16 heavy (non-hydrogen) atoms. The van der Waals surface area contributed by atoms with E-state index >= 15 is 0 Å². The molecule has 0 bridgehead atoms. The Morgan fingerprint density at radius 2 is 2.25 bits per heavy atom. The molecule has 0 spiro atoms. The number of hydrogen-bond donors (Lipinski definition) is 2. The van der Waals surface area contributed by atoms with E-state index in [1.807, 2.05) is 6.92 Å². The largest absolute Gasteiger partial charge is 0.478 e. The molecule has 1 aliphatic carbocycles. The molecule has 1 heterocycles. The van der Waals surface area contributed by atoms with Crippen LogP contribution in [0.1, 0.15) is 42.2 Å². The van der Waals surface area contributed by atoms with E-state index in [-0.39, 0.29) is 11.1 Å². The number of carbonyl (C=O) groups is 1. The zero-order valence-electron chi connectivity index (χ0n) is 9.58. The average molecular weight is 220 g/mol. The molecule has 1 saturated carbocycles. The van der Waals surface area contributed by atoms with Crippen LogP contribution in [-0.2, 0) is 0 Å².